The molecule has 3 nitrogen and oxygen atoms in total. The molecular formula is C18H25ClN2OS. The van der Waals surface area contributed by atoms with Gasteiger partial charge in [-0.3, -0.25) is 4.79 Å². The van der Waals surface area contributed by atoms with E-state index in [-0.39, 0.29) is 5.91 Å². The molecule has 1 atom stereocenters. The summed E-state index contributed by atoms with van der Waals surface area (Å²) >= 11 is 8.05. The number of halogens is 1. The van der Waals surface area contributed by atoms with Crippen LogP contribution in [0.5, 0.6) is 0 Å². The number of nitrogens with zero attached hydrogens (tertiary/aromatic N) is 2. The first kappa shape index (κ1) is 17.1. The molecule has 2 heterocycles. The molecule has 23 heavy (non-hydrogen) atoms. The normalized spacial score (nSPS) is 23.5. The number of amides is 1. The molecule has 2 aliphatic rings. The van der Waals surface area contributed by atoms with Gasteiger partial charge in [0.1, 0.15) is 0 Å². The van der Waals surface area contributed by atoms with Crippen molar-refractivity contribution in [1.29, 1.82) is 0 Å². The number of rotatable bonds is 3. The van der Waals surface area contributed by atoms with Gasteiger partial charge in [-0.15, -0.1) is 0 Å². The number of hydrogen-bond acceptors (Lipinski definition) is 3. The lowest BCUT2D eigenvalue weighted by molar-refractivity contribution is 0.0645. The maximum Gasteiger partial charge on any atom is 0.254 e. The Morgan fingerprint density at radius 1 is 1.17 bits per heavy atom. The highest BCUT2D eigenvalue weighted by Crippen LogP contribution is 2.22. The highest BCUT2D eigenvalue weighted by atomic mass is 35.5. The summed E-state index contributed by atoms with van der Waals surface area (Å²) in [6.45, 7) is 4.23. The molecule has 126 valence electrons. The van der Waals surface area contributed by atoms with Gasteiger partial charge in [-0.1, -0.05) is 24.1 Å². The van der Waals surface area contributed by atoms with Gasteiger partial charge >= 0.3 is 0 Å². The highest BCUT2D eigenvalue weighted by molar-refractivity contribution is 7.99. The van der Waals surface area contributed by atoms with Crippen molar-refractivity contribution in [2.24, 2.45) is 0 Å². The average molecular weight is 353 g/mol. The molecule has 3 rings (SSSR count). The second-order valence-corrected chi connectivity index (χ2v) is 8.04. The fourth-order valence-corrected chi connectivity index (χ4v) is 4.72. The van der Waals surface area contributed by atoms with E-state index in [1.807, 2.05) is 30.0 Å². The van der Waals surface area contributed by atoms with Crippen LogP contribution in [0.15, 0.2) is 24.3 Å². The molecule has 5 heteroatoms. The largest absolute Gasteiger partial charge is 0.334 e. The minimum absolute atomic E-state index is 0.136. The molecule has 0 bridgehead atoms. The van der Waals surface area contributed by atoms with E-state index < -0.39 is 0 Å². The van der Waals surface area contributed by atoms with Crippen LogP contribution in [-0.4, -0.2) is 59.4 Å². The molecule has 2 aliphatic heterocycles. The summed E-state index contributed by atoms with van der Waals surface area (Å²) in [7, 11) is 0. The zero-order chi connectivity index (χ0) is 16.1. The van der Waals surface area contributed by atoms with Gasteiger partial charge in [0.25, 0.3) is 5.91 Å². The SMILES string of the molecule is O=C(c1cccc(Cl)c1)N1CCCSCC1CN1CCCCC1. The van der Waals surface area contributed by atoms with Crippen molar-refractivity contribution in [2.75, 3.05) is 37.7 Å². The van der Waals surface area contributed by atoms with Crippen LogP contribution in [0.25, 0.3) is 0 Å². The topological polar surface area (TPSA) is 23.6 Å². The lowest BCUT2D eigenvalue weighted by atomic mass is 10.1. The number of carbonyl (C=O) groups is 1. The van der Waals surface area contributed by atoms with Gasteiger partial charge in [0, 0.05) is 29.4 Å². The van der Waals surface area contributed by atoms with E-state index in [0.29, 0.717) is 16.6 Å². The predicted octanol–water partition coefficient (Wildman–Crippen LogP) is 3.77. The molecule has 2 saturated heterocycles. The van der Waals surface area contributed by atoms with Crippen molar-refractivity contribution >= 4 is 29.3 Å². The number of benzene rings is 1. The van der Waals surface area contributed by atoms with Gasteiger partial charge in [0.05, 0.1) is 6.04 Å². The van der Waals surface area contributed by atoms with Gasteiger partial charge in [0.15, 0.2) is 0 Å². The molecule has 0 N–H and O–H groups in total. The Kier molecular flexibility index (Phi) is 6.26. The first-order valence-electron chi connectivity index (χ1n) is 8.61. The molecule has 0 aromatic heterocycles. The Balaban J connectivity index is 1.73. The van der Waals surface area contributed by atoms with Crippen molar-refractivity contribution in [3.63, 3.8) is 0 Å². The Labute approximate surface area is 148 Å². The van der Waals surface area contributed by atoms with E-state index in [4.69, 9.17) is 11.6 Å². The van der Waals surface area contributed by atoms with E-state index >= 15 is 0 Å². The molecule has 0 radical (unpaired) electrons. The molecule has 0 spiro atoms. The lowest BCUT2D eigenvalue weighted by Gasteiger charge is -2.35. The molecule has 1 amide bonds. The van der Waals surface area contributed by atoms with Gasteiger partial charge in [0.2, 0.25) is 0 Å². The molecule has 1 unspecified atom stereocenters. The highest BCUT2D eigenvalue weighted by Gasteiger charge is 2.28. The first-order valence-corrected chi connectivity index (χ1v) is 10.1. The van der Waals surface area contributed by atoms with E-state index in [0.717, 1.165) is 31.0 Å². The Hall–Kier alpha value is -0.710. The van der Waals surface area contributed by atoms with Crippen LogP contribution in [0, 0.1) is 0 Å². The maximum absolute atomic E-state index is 13.0. The standard InChI is InChI=1S/C18H25ClN2OS/c19-16-7-4-6-15(12-16)18(22)21-10-5-11-23-14-17(21)13-20-8-2-1-3-9-20/h4,6-7,12,17H,1-3,5,8-11,13-14H2. The summed E-state index contributed by atoms with van der Waals surface area (Å²) in [5.74, 6) is 2.33. The molecule has 2 fully saturated rings. The van der Waals surface area contributed by atoms with E-state index in [1.54, 1.807) is 6.07 Å². The zero-order valence-corrected chi connectivity index (χ0v) is 15.1. The van der Waals surface area contributed by atoms with Crippen LogP contribution >= 0.6 is 23.4 Å². The molecule has 0 aliphatic carbocycles. The third-order valence-corrected chi connectivity index (χ3v) is 6.12. The Morgan fingerprint density at radius 3 is 2.78 bits per heavy atom. The van der Waals surface area contributed by atoms with Gasteiger partial charge < -0.3 is 9.80 Å². The minimum Gasteiger partial charge on any atom is -0.334 e. The average Bonchev–Trinajstić information content (AvgIpc) is 2.81. The number of likely N-dealkylation sites (tertiary alicyclic amines) is 1. The van der Waals surface area contributed by atoms with Gasteiger partial charge in [-0.25, -0.2) is 0 Å². The lowest BCUT2D eigenvalue weighted by Crippen LogP contribution is -2.49. The molecule has 0 saturated carbocycles. The van der Waals surface area contributed by atoms with Crippen LogP contribution in [0.1, 0.15) is 36.0 Å². The Morgan fingerprint density at radius 2 is 2.00 bits per heavy atom. The molecule has 1 aromatic rings. The fraction of sp³-hybridized carbons (Fsp3) is 0.611. The second-order valence-electron chi connectivity index (χ2n) is 6.45. The summed E-state index contributed by atoms with van der Waals surface area (Å²) < 4.78 is 0. The third kappa shape index (κ3) is 4.65. The van der Waals surface area contributed by atoms with Crippen molar-refractivity contribution in [3.05, 3.63) is 34.9 Å². The van der Waals surface area contributed by atoms with E-state index in [9.17, 15) is 4.79 Å². The first-order chi connectivity index (χ1) is 11.2. The van der Waals surface area contributed by atoms with Crippen LogP contribution in [0.4, 0.5) is 0 Å². The number of carbonyl (C=O) groups excluding carboxylic acids is 1. The third-order valence-electron chi connectivity index (χ3n) is 4.69. The fourth-order valence-electron chi connectivity index (χ4n) is 3.47. The summed E-state index contributed by atoms with van der Waals surface area (Å²) in [6, 6.07) is 7.67. The van der Waals surface area contributed by atoms with Crippen LogP contribution in [0.2, 0.25) is 5.02 Å². The summed E-state index contributed by atoms with van der Waals surface area (Å²) in [4.78, 5) is 17.6. The minimum atomic E-state index is 0.136. The van der Waals surface area contributed by atoms with Crippen LogP contribution < -0.4 is 0 Å². The van der Waals surface area contributed by atoms with Crippen molar-refractivity contribution < 1.29 is 4.79 Å². The van der Waals surface area contributed by atoms with Crippen LogP contribution in [-0.2, 0) is 0 Å². The van der Waals surface area contributed by atoms with Crippen molar-refractivity contribution in [2.45, 2.75) is 31.7 Å². The predicted molar refractivity (Wildman–Crippen MR) is 98.5 cm³/mol. The number of hydrogen-bond donors (Lipinski definition) is 0. The molecular weight excluding hydrogens is 328 g/mol. The van der Waals surface area contributed by atoms with E-state index in [2.05, 4.69) is 9.80 Å². The van der Waals surface area contributed by atoms with Gasteiger partial charge in [-0.2, -0.15) is 11.8 Å². The van der Waals surface area contributed by atoms with E-state index in [1.165, 1.54) is 32.4 Å². The van der Waals surface area contributed by atoms with Crippen molar-refractivity contribution in [3.8, 4) is 0 Å². The van der Waals surface area contributed by atoms with Gasteiger partial charge in [-0.05, 0) is 56.3 Å². The van der Waals surface area contributed by atoms with Crippen molar-refractivity contribution in [1.82, 2.24) is 9.80 Å². The molecule has 1 aromatic carbocycles. The quantitative estimate of drug-likeness (QED) is 0.827. The van der Waals surface area contributed by atoms with Crippen LogP contribution in [0.3, 0.4) is 0 Å². The maximum atomic E-state index is 13.0. The number of thioether (sulfide) groups is 1. The second kappa shape index (κ2) is 8.41. The zero-order valence-electron chi connectivity index (χ0n) is 13.5. The monoisotopic (exact) mass is 352 g/mol. The Bertz CT molecular complexity index is 534. The smallest absolute Gasteiger partial charge is 0.254 e. The summed E-state index contributed by atoms with van der Waals surface area (Å²) in [6.07, 6.45) is 5.01. The summed E-state index contributed by atoms with van der Waals surface area (Å²) in [5.41, 5.74) is 0.716. The summed E-state index contributed by atoms with van der Waals surface area (Å²) in [5, 5.41) is 0.632. The number of piperidine rings is 1.